The Balaban J connectivity index is 2.09. The number of hydrogen-bond donors (Lipinski definition) is 2. The maximum atomic E-state index is 12.9. The summed E-state index contributed by atoms with van der Waals surface area (Å²) in [6.45, 7) is 1.85. The molecule has 0 unspecified atom stereocenters. The lowest BCUT2D eigenvalue weighted by Crippen LogP contribution is -2.04. The third-order valence-electron chi connectivity index (χ3n) is 3.46. The number of hydrogen-bond acceptors (Lipinski definition) is 3. The molecule has 0 bridgehead atoms. The third kappa shape index (κ3) is 2.77. The maximum absolute atomic E-state index is 12.9. The molecule has 4 nitrogen and oxygen atoms in total. The number of aromatic amines is 1. The number of benzene rings is 2. The van der Waals surface area contributed by atoms with Crippen LogP contribution in [0.2, 0.25) is 0 Å². The highest BCUT2D eigenvalue weighted by atomic mass is 19.4. The summed E-state index contributed by atoms with van der Waals surface area (Å²) in [5.41, 5.74) is 0.486. The molecule has 0 saturated carbocycles. The standard InChI is InChI=1S/C16H12F3N3O/c1-9-5-4-6-10-13(9)20-15(23)14(10)22-21-12-8-3-2-7-11(12)16(17,18)19/h2-8,20,23H,1H3. The van der Waals surface area contributed by atoms with Gasteiger partial charge in [0.1, 0.15) is 0 Å². The van der Waals surface area contributed by atoms with Crippen molar-refractivity contribution in [2.45, 2.75) is 13.1 Å². The summed E-state index contributed by atoms with van der Waals surface area (Å²) >= 11 is 0. The van der Waals surface area contributed by atoms with Crippen molar-refractivity contribution in [1.29, 1.82) is 0 Å². The van der Waals surface area contributed by atoms with Gasteiger partial charge in [-0.2, -0.15) is 13.2 Å². The molecule has 23 heavy (non-hydrogen) atoms. The van der Waals surface area contributed by atoms with Crippen LogP contribution >= 0.6 is 0 Å². The first-order valence-corrected chi connectivity index (χ1v) is 6.76. The van der Waals surface area contributed by atoms with E-state index in [1.54, 1.807) is 12.1 Å². The summed E-state index contributed by atoms with van der Waals surface area (Å²) in [4.78, 5) is 2.76. The molecule has 3 rings (SSSR count). The molecule has 0 amide bonds. The van der Waals surface area contributed by atoms with Crippen molar-refractivity contribution in [3.05, 3.63) is 53.6 Å². The van der Waals surface area contributed by atoms with Crippen molar-refractivity contribution in [2.75, 3.05) is 0 Å². The van der Waals surface area contributed by atoms with E-state index in [0.717, 1.165) is 11.6 Å². The summed E-state index contributed by atoms with van der Waals surface area (Å²) in [5, 5.41) is 18.0. The largest absolute Gasteiger partial charge is 0.493 e. The van der Waals surface area contributed by atoms with E-state index in [2.05, 4.69) is 15.2 Å². The van der Waals surface area contributed by atoms with Gasteiger partial charge in [0.2, 0.25) is 5.88 Å². The molecule has 7 heteroatoms. The lowest BCUT2D eigenvalue weighted by atomic mass is 10.1. The minimum Gasteiger partial charge on any atom is -0.493 e. The highest BCUT2D eigenvalue weighted by Crippen LogP contribution is 2.40. The molecule has 1 heterocycles. The van der Waals surface area contributed by atoms with E-state index in [1.807, 2.05) is 13.0 Å². The Kier molecular flexibility index (Phi) is 3.55. The zero-order chi connectivity index (χ0) is 16.6. The number of alkyl halides is 3. The van der Waals surface area contributed by atoms with Crippen molar-refractivity contribution in [3.8, 4) is 5.88 Å². The SMILES string of the molecule is Cc1cccc2c(N=Nc3ccccc3C(F)(F)F)c(O)[nH]c12. The van der Waals surface area contributed by atoms with Gasteiger partial charge in [-0.25, -0.2) is 0 Å². The van der Waals surface area contributed by atoms with Crippen LogP contribution in [-0.2, 0) is 6.18 Å². The Hall–Kier alpha value is -2.83. The Morgan fingerprint density at radius 2 is 1.74 bits per heavy atom. The first-order valence-electron chi connectivity index (χ1n) is 6.76. The topological polar surface area (TPSA) is 60.7 Å². The van der Waals surface area contributed by atoms with Gasteiger partial charge in [-0.15, -0.1) is 10.2 Å². The van der Waals surface area contributed by atoms with E-state index in [0.29, 0.717) is 10.9 Å². The van der Waals surface area contributed by atoms with Crippen LogP contribution in [0, 0.1) is 6.92 Å². The second-order valence-corrected chi connectivity index (χ2v) is 5.03. The number of H-pyrrole nitrogens is 1. The van der Waals surface area contributed by atoms with Gasteiger partial charge in [-0.1, -0.05) is 30.3 Å². The molecule has 0 fully saturated rings. The predicted octanol–water partition coefficient (Wildman–Crippen LogP) is 5.62. The third-order valence-corrected chi connectivity index (χ3v) is 3.46. The average Bonchev–Trinajstić information content (AvgIpc) is 2.82. The normalized spacial score (nSPS) is 12.3. The summed E-state index contributed by atoms with van der Waals surface area (Å²) in [5.74, 6) is -0.234. The van der Waals surface area contributed by atoms with Gasteiger partial charge in [0.15, 0.2) is 5.69 Å². The first kappa shape index (κ1) is 15.1. The number of aromatic nitrogens is 1. The van der Waals surface area contributed by atoms with Crippen LogP contribution in [0.4, 0.5) is 24.5 Å². The molecule has 0 aliphatic rings. The Morgan fingerprint density at radius 1 is 1.00 bits per heavy atom. The second kappa shape index (κ2) is 5.42. The summed E-state index contributed by atoms with van der Waals surface area (Å²) in [7, 11) is 0. The summed E-state index contributed by atoms with van der Waals surface area (Å²) < 4.78 is 38.8. The van der Waals surface area contributed by atoms with Gasteiger partial charge in [0.05, 0.1) is 16.8 Å². The average molecular weight is 319 g/mol. The lowest BCUT2D eigenvalue weighted by molar-refractivity contribution is -0.137. The number of para-hydroxylation sites is 1. The lowest BCUT2D eigenvalue weighted by Gasteiger charge is -2.08. The zero-order valence-electron chi connectivity index (χ0n) is 12.0. The molecular formula is C16H12F3N3O. The van der Waals surface area contributed by atoms with Gasteiger partial charge in [-0.05, 0) is 24.6 Å². The van der Waals surface area contributed by atoms with Gasteiger partial charge in [-0.3, -0.25) is 0 Å². The molecule has 118 valence electrons. The molecule has 0 spiro atoms. The smallest absolute Gasteiger partial charge is 0.418 e. The molecule has 2 aromatic carbocycles. The van der Waals surface area contributed by atoms with E-state index >= 15 is 0 Å². The monoisotopic (exact) mass is 319 g/mol. The number of fused-ring (bicyclic) bond motifs is 1. The first-order chi connectivity index (χ1) is 10.9. The molecule has 3 aromatic rings. The minimum absolute atomic E-state index is 0.112. The molecule has 2 N–H and O–H groups in total. The van der Waals surface area contributed by atoms with Gasteiger partial charge >= 0.3 is 6.18 Å². The van der Waals surface area contributed by atoms with E-state index in [9.17, 15) is 18.3 Å². The highest BCUT2D eigenvalue weighted by Gasteiger charge is 2.33. The molecule has 0 saturated heterocycles. The van der Waals surface area contributed by atoms with Crippen molar-refractivity contribution < 1.29 is 18.3 Å². The Morgan fingerprint density at radius 3 is 2.48 bits per heavy atom. The number of nitrogens with zero attached hydrogens (tertiary/aromatic N) is 2. The van der Waals surface area contributed by atoms with Gasteiger partial charge in [0.25, 0.3) is 0 Å². The van der Waals surface area contributed by atoms with Crippen LogP contribution in [-0.4, -0.2) is 10.1 Å². The van der Waals surface area contributed by atoms with Crippen LogP contribution in [0.3, 0.4) is 0 Å². The Bertz CT molecular complexity index is 897. The number of aryl methyl sites for hydroxylation is 1. The van der Waals surface area contributed by atoms with Crippen LogP contribution in [0.15, 0.2) is 52.7 Å². The number of halogens is 3. The van der Waals surface area contributed by atoms with Crippen molar-refractivity contribution >= 4 is 22.3 Å². The van der Waals surface area contributed by atoms with Crippen LogP contribution in [0.1, 0.15) is 11.1 Å². The quantitative estimate of drug-likeness (QED) is 0.592. The summed E-state index contributed by atoms with van der Waals surface area (Å²) in [6.07, 6.45) is -4.52. The number of aromatic hydroxyl groups is 1. The van der Waals surface area contributed by atoms with Crippen molar-refractivity contribution in [2.24, 2.45) is 10.2 Å². The van der Waals surface area contributed by atoms with Crippen LogP contribution in [0.5, 0.6) is 5.88 Å². The molecule has 0 atom stereocenters. The molecule has 1 aromatic heterocycles. The second-order valence-electron chi connectivity index (χ2n) is 5.03. The van der Waals surface area contributed by atoms with Crippen molar-refractivity contribution in [1.82, 2.24) is 4.98 Å². The minimum atomic E-state index is -4.52. The fraction of sp³-hybridized carbons (Fsp3) is 0.125. The fourth-order valence-electron chi connectivity index (χ4n) is 2.34. The van der Waals surface area contributed by atoms with E-state index in [1.165, 1.54) is 18.2 Å². The zero-order valence-corrected chi connectivity index (χ0v) is 12.0. The number of nitrogens with one attached hydrogen (secondary N) is 1. The van der Waals surface area contributed by atoms with Crippen LogP contribution in [0.25, 0.3) is 10.9 Å². The maximum Gasteiger partial charge on any atom is 0.418 e. The van der Waals surface area contributed by atoms with Crippen LogP contribution < -0.4 is 0 Å². The molecule has 0 aliphatic heterocycles. The predicted molar refractivity (Wildman–Crippen MR) is 80.3 cm³/mol. The van der Waals surface area contributed by atoms with E-state index < -0.39 is 11.7 Å². The molecule has 0 aliphatic carbocycles. The number of rotatable bonds is 2. The fourth-order valence-corrected chi connectivity index (χ4v) is 2.34. The molecule has 0 radical (unpaired) electrons. The van der Waals surface area contributed by atoms with E-state index in [4.69, 9.17) is 0 Å². The highest BCUT2D eigenvalue weighted by molar-refractivity contribution is 5.95. The summed E-state index contributed by atoms with van der Waals surface area (Å²) in [6, 6.07) is 10.2. The van der Waals surface area contributed by atoms with E-state index in [-0.39, 0.29) is 17.3 Å². The van der Waals surface area contributed by atoms with Gasteiger partial charge < -0.3 is 10.1 Å². The Labute approximate surface area is 129 Å². The van der Waals surface area contributed by atoms with Gasteiger partial charge in [0, 0.05) is 5.39 Å². The van der Waals surface area contributed by atoms with Crippen molar-refractivity contribution in [3.63, 3.8) is 0 Å². The number of azo groups is 1. The molecular weight excluding hydrogens is 307 g/mol.